The van der Waals surface area contributed by atoms with Crippen molar-refractivity contribution in [3.05, 3.63) is 64.5 Å². The normalized spacial score (nSPS) is 13.8. The Labute approximate surface area is 195 Å². The molecule has 180 valence electrons. The minimum absolute atomic E-state index is 0.0826. The smallest absolute Gasteiger partial charge is 0.305 e. The third-order valence-electron chi connectivity index (χ3n) is 5.62. The first-order chi connectivity index (χ1) is 15.5. The molecular weight excluding hydrogens is 423 g/mol. The second kappa shape index (κ2) is 12.1. The number of aliphatic carboxylic acids is 1. The summed E-state index contributed by atoms with van der Waals surface area (Å²) in [4.78, 5) is 10.8. The minimum Gasteiger partial charge on any atom is -0.481 e. The summed E-state index contributed by atoms with van der Waals surface area (Å²) in [6.45, 7) is 8.80. The van der Waals surface area contributed by atoms with Gasteiger partial charge in [0, 0.05) is 13.5 Å². The van der Waals surface area contributed by atoms with Gasteiger partial charge in [0.15, 0.2) is 0 Å². The summed E-state index contributed by atoms with van der Waals surface area (Å²) in [5, 5.41) is 29.1. The van der Waals surface area contributed by atoms with E-state index in [2.05, 4.69) is 33.8 Å². The highest BCUT2D eigenvalue weighted by molar-refractivity contribution is 5.81. The molecule has 2 rings (SSSR count). The van der Waals surface area contributed by atoms with E-state index in [4.69, 9.17) is 9.84 Å². The van der Waals surface area contributed by atoms with Gasteiger partial charge < -0.3 is 20.1 Å². The van der Waals surface area contributed by atoms with Gasteiger partial charge in [-0.15, -0.1) is 0 Å². The van der Waals surface area contributed by atoms with Crippen molar-refractivity contribution in [1.82, 2.24) is 0 Å². The van der Waals surface area contributed by atoms with Crippen molar-refractivity contribution >= 4 is 12.0 Å². The van der Waals surface area contributed by atoms with Crippen LogP contribution in [-0.2, 0) is 16.1 Å². The van der Waals surface area contributed by atoms with Gasteiger partial charge in [-0.2, -0.15) is 0 Å². The predicted octanol–water partition coefficient (Wildman–Crippen LogP) is 5.49. The van der Waals surface area contributed by atoms with Crippen molar-refractivity contribution in [2.75, 3.05) is 7.11 Å². The van der Waals surface area contributed by atoms with E-state index < -0.39 is 24.6 Å². The summed E-state index contributed by atoms with van der Waals surface area (Å²) in [5.41, 5.74) is 5.87. The number of benzene rings is 2. The summed E-state index contributed by atoms with van der Waals surface area (Å²) in [7, 11) is 1.64. The molecule has 0 bridgehead atoms. The lowest BCUT2D eigenvalue weighted by molar-refractivity contribution is -0.139. The van der Waals surface area contributed by atoms with Crippen LogP contribution in [0, 0.1) is 5.82 Å². The molecule has 3 N–H and O–H groups in total. The summed E-state index contributed by atoms with van der Waals surface area (Å²) in [6, 6.07) is 8.49. The number of halogens is 1. The molecule has 0 aliphatic carbocycles. The van der Waals surface area contributed by atoms with E-state index in [-0.39, 0.29) is 24.1 Å². The van der Waals surface area contributed by atoms with Crippen LogP contribution in [0.4, 0.5) is 4.39 Å². The van der Waals surface area contributed by atoms with Gasteiger partial charge in [0.1, 0.15) is 5.82 Å². The average Bonchev–Trinajstić information content (AvgIpc) is 2.72. The Morgan fingerprint density at radius 2 is 1.67 bits per heavy atom. The van der Waals surface area contributed by atoms with Gasteiger partial charge in [-0.25, -0.2) is 4.39 Å². The van der Waals surface area contributed by atoms with E-state index in [9.17, 15) is 19.4 Å². The van der Waals surface area contributed by atoms with Crippen molar-refractivity contribution in [2.45, 2.75) is 71.2 Å². The van der Waals surface area contributed by atoms with Crippen LogP contribution >= 0.6 is 0 Å². The molecule has 0 saturated carbocycles. The maximum atomic E-state index is 13.7. The predicted molar refractivity (Wildman–Crippen MR) is 129 cm³/mol. The number of ether oxygens (including phenoxy) is 1. The Balaban J connectivity index is 2.69. The molecule has 0 amide bonds. The molecule has 2 unspecified atom stereocenters. The fraction of sp³-hybridized carbons (Fsp3) is 0.444. The fourth-order valence-electron chi connectivity index (χ4n) is 4.05. The minimum atomic E-state index is -1.14. The lowest BCUT2D eigenvalue weighted by atomic mass is 9.81. The van der Waals surface area contributed by atoms with E-state index in [0.717, 1.165) is 33.4 Å². The maximum Gasteiger partial charge on any atom is 0.305 e. The number of methoxy groups -OCH3 is 1. The molecule has 0 aromatic heterocycles. The lowest BCUT2D eigenvalue weighted by Crippen LogP contribution is -2.19. The largest absolute Gasteiger partial charge is 0.481 e. The zero-order valence-corrected chi connectivity index (χ0v) is 20.0. The number of carboxylic acid groups (broad SMARTS) is 1. The maximum absolute atomic E-state index is 13.7. The van der Waals surface area contributed by atoms with Crippen LogP contribution in [0.25, 0.3) is 17.2 Å². The number of aliphatic hydroxyl groups excluding tert-OH is 2. The van der Waals surface area contributed by atoms with Gasteiger partial charge in [-0.05, 0) is 57.3 Å². The molecular formula is C27H35FO5. The molecule has 0 saturated heterocycles. The second-order valence-electron chi connectivity index (χ2n) is 8.99. The molecule has 0 spiro atoms. The molecule has 33 heavy (non-hydrogen) atoms. The van der Waals surface area contributed by atoms with Crippen molar-refractivity contribution in [3.8, 4) is 11.1 Å². The van der Waals surface area contributed by atoms with Crippen LogP contribution in [0.3, 0.4) is 0 Å². The van der Waals surface area contributed by atoms with Gasteiger partial charge >= 0.3 is 5.97 Å². The molecule has 5 nitrogen and oxygen atoms in total. The Bertz CT molecular complexity index is 963. The van der Waals surface area contributed by atoms with E-state index in [1.165, 1.54) is 12.1 Å². The van der Waals surface area contributed by atoms with Crippen molar-refractivity contribution < 1.29 is 29.2 Å². The van der Waals surface area contributed by atoms with Gasteiger partial charge in [0.25, 0.3) is 0 Å². The summed E-state index contributed by atoms with van der Waals surface area (Å²) >= 11 is 0. The molecule has 2 aromatic carbocycles. The Hall–Kier alpha value is -2.54. The summed E-state index contributed by atoms with van der Waals surface area (Å²) < 4.78 is 19.2. The molecule has 0 fully saturated rings. The Morgan fingerprint density at radius 3 is 2.18 bits per heavy atom. The molecule has 0 radical (unpaired) electrons. The highest BCUT2D eigenvalue weighted by Crippen LogP contribution is 2.39. The zero-order chi connectivity index (χ0) is 24.7. The number of hydrogen-bond acceptors (Lipinski definition) is 4. The van der Waals surface area contributed by atoms with Crippen molar-refractivity contribution in [3.63, 3.8) is 0 Å². The highest BCUT2D eigenvalue weighted by Gasteiger charge is 2.22. The molecule has 2 atom stereocenters. The fourth-order valence-corrected chi connectivity index (χ4v) is 4.05. The third kappa shape index (κ3) is 7.22. The molecule has 0 heterocycles. The zero-order valence-electron chi connectivity index (χ0n) is 20.0. The second-order valence-corrected chi connectivity index (χ2v) is 8.99. The van der Waals surface area contributed by atoms with Crippen LogP contribution in [0.2, 0.25) is 0 Å². The molecule has 6 heteroatoms. The van der Waals surface area contributed by atoms with Crippen LogP contribution in [0.5, 0.6) is 0 Å². The first kappa shape index (κ1) is 26.7. The summed E-state index contributed by atoms with van der Waals surface area (Å²) in [5.74, 6) is -1.03. The van der Waals surface area contributed by atoms with E-state index >= 15 is 0 Å². The van der Waals surface area contributed by atoms with Gasteiger partial charge in [-0.3, -0.25) is 4.79 Å². The SMILES string of the molecule is COCc1c(C(C)C)cc(C(C)C)c(/C=C/C(O)CC(O)CC(=O)O)c1-c1ccc(F)cc1. The van der Waals surface area contributed by atoms with E-state index in [0.29, 0.717) is 6.61 Å². The molecule has 2 aromatic rings. The monoisotopic (exact) mass is 458 g/mol. The molecule has 0 aliphatic rings. The van der Waals surface area contributed by atoms with Gasteiger partial charge in [0.05, 0.1) is 25.2 Å². The number of carbonyl (C=O) groups is 1. The quantitative estimate of drug-likeness (QED) is 0.415. The first-order valence-electron chi connectivity index (χ1n) is 11.3. The standard InChI is InChI=1S/C27H35FO5/c1-16(2)23-14-24(17(3)4)25(15-33-5)27(18-6-8-19(28)9-7-18)22(23)11-10-20(29)12-21(30)13-26(31)32/h6-11,14,16-17,20-21,29-30H,12-13,15H2,1-5H3,(H,31,32)/b11-10+. The molecule has 0 aliphatic heterocycles. The van der Waals surface area contributed by atoms with Crippen LogP contribution < -0.4 is 0 Å². The van der Waals surface area contributed by atoms with Gasteiger partial charge in [0.2, 0.25) is 0 Å². The first-order valence-corrected chi connectivity index (χ1v) is 11.3. The van der Waals surface area contributed by atoms with Crippen LogP contribution in [0.15, 0.2) is 36.4 Å². The van der Waals surface area contributed by atoms with Crippen LogP contribution in [0.1, 0.15) is 74.6 Å². The van der Waals surface area contributed by atoms with Gasteiger partial charge in [-0.1, -0.05) is 58.0 Å². The Morgan fingerprint density at radius 1 is 1.06 bits per heavy atom. The number of aliphatic hydroxyl groups is 2. The number of carboxylic acids is 1. The summed E-state index contributed by atoms with van der Waals surface area (Å²) in [6.07, 6.45) is 0.720. The van der Waals surface area contributed by atoms with Crippen molar-refractivity contribution in [1.29, 1.82) is 0 Å². The highest BCUT2D eigenvalue weighted by atomic mass is 19.1. The van der Waals surface area contributed by atoms with Crippen LogP contribution in [-0.4, -0.2) is 40.6 Å². The number of hydrogen-bond donors (Lipinski definition) is 3. The lowest BCUT2D eigenvalue weighted by Gasteiger charge is -2.25. The topological polar surface area (TPSA) is 87.0 Å². The Kier molecular flexibility index (Phi) is 9.77. The average molecular weight is 459 g/mol. The third-order valence-corrected chi connectivity index (χ3v) is 5.62. The van der Waals surface area contributed by atoms with E-state index in [1.807, 2.05) is 6.08 Å². The number of rotatable bonds is 11. The van der Waals surface area contributed by atoms with E-state index in [1.54, 1.807) is 25.3 Å². The van der Waals surface area contributed by atoms with Crippen molar-refractivity contribution in [2.24, 2.45) is 0 Å².